The molecule has 1 aromatic heterocycles. The number of hydrogen-bond acceptors (Lipinski definition) is 10. The van der Waals surface area contributed by atoms with E-state index in [-0.39, 0.29) is 0 Å². The molecule has 0 bridgehead atoms. The third kappa shape index (κ3) is 6.87. The van der Waals surface area contributed by atoms with Crippen molar-refractivity contribution >= 4 is 5.57 Å². The largest absolute Gasteiger partial charge is 0.493 e. The van der Waals surface area contributed by atoms with Crippen LogP contribution in [0, 0.1) is 0 Å². The molecule has 3 aromatic rings. The summed E-state index contributed by atoms with van der Waals surface area (Å²) in [7, 11) is 9.75. The minimum Gasteiger partial charge on any atom is -0.493 e. The molecular formula is C34H42N4O6. The van der Waals surface area contributed by atoms with E-state index in [1.807, 2.05) is 42.9 Å². The van der Waals surface area contributed by atoms with Gasteiger partial charge in [0.15, 0.2) is 23.0 Å². The first-order chi connectivity index (χ1) is 21.5. The molecule has 10 nitrogen and oxygen atoms in total. The van der Waals surface area contributed by atoms with Gasteiger partial charge in [0.05, 0.1) is 42.7 Å². The van der Waals surface area contributed by atoms with Crippen LogP contribution >= 0.6 is 0 Å². The van der Waals surface area contributed by atoms with E-state index in [0.29, 0.717) is 34.5 Å². The van der Waals surface area contributed by atoms with Crippen molar-refractivity contribution in [3.63, 3.8) is 0 Å². The number of ether oxygens (including phenoxy) is 6. The van der Waals surface area contributed by atoms with E-state index in [1.165, 1.54) is 11.1 Å². The van der Waals surface area contributed by atoms with Gasteiger partial charge < -0.3 is 33.7 Å². The Balaban J connectivity index is 1.20. The van der Waals surface area contributed by atoms with Crippen molar-refractivity contribution < 1.29 is 28.4 Å². The standard InChI is InChI=1S/C34H42N4O6/c1-39-29-13-25(14-30(40-2)33(29)43-5)27-11-23(17-35-19-27)21-37-7-9-38(10-8-37)22-24-12-28(20-36-18-24)26-15-31(41-3)34(44-6)32(16-26)42-4/h11-17,19-20,36H,7-10,18,21-22H2,1-6H3. The van der Waals surface area contributed by atoms with E-state index in [9.17, 15) is 0 Å². The highest BCUT2D eigenvalue weighted by atomic mass is 16.5. The van der Waals surface area contributed by atoms with Crippen LogP contribution in [0.25, 0.3) is 16.7 Å². The Morgan fingerprint density at radius 2 is 1.14 bits per heavy atom. The van der Waals surface area contributed by atoms with E-state index in [2.05, 4.69) is 32.2 Å². The maximum Gasteiger partial charge on any atom is 0.203 e. The molecule has 0 spiro atoms. The molecule has 3 heterocycles. The molecular weight excluding hydrogens is 560 g/mol. The number of rotatable bonds is 12. The monoisotopic (exact) mass is 602 g/mol. The number of nitrogens with one attached hydrogen (secondary N) is 1. The zero-order chi connectivity index (χ0) is 31.1. The summed E-state index contributed by atoms with van der Waals surface area (Å²) in [5.74, 6) is 3.70. The lowest BCUT2D eigenvalue weighted by Gasteiger charge is -2.35. The van der Waals surface area contributed by atoms with Gasteiger partial charge in [-0.3, -0.25) is 14.8 Å². The molecule has 1 N–H and O–H groups in total. The molecule has 1 saturated heterocycles. The summed E-state index contributed by atoms with van der Waals surface area (Å²) in [6, 6.07) is 10.1. The molecule has 0 unspecified atom stereocenters. The van der Waals surface area contributed by atoms with Crippen LogP contribution in [0.1, 0.15) is 11.1 Å². The fourth-order valence-electron chi connectivity index (χ4n) is 5.75. The highest BCUT2D eigenvalue weighted by Gasteiger charge is 2.21. The Kier molecular flexibility index (Phi) is 10.1. The van der Waals surface area contributed by atoms with Crippen LogP contribution in [0.15, 0.2) is 60.6 Å². The Morgan fingerprint density at radius 1 is 0.614 bits per heavy atom. The maximum absolute atomic E-state index is 5.56. The van der Waals surface area contributed by atoms with Crippen molar-refractivity contribution in [1.82, 2.24) is 20.1 Å². The summed E-state index contributed by atoms with van der Waals surface area (Å²) in [6.07, 6.45) is 8.13. The summed E-state index contributed by atoms with van der Waals surface area (Å²) < 4.78 is 33.2. The SMILES string of the molecule is COc1cc(C2=CNCC(CN3CCN(Cc4cncc(-c5cc(OC)c(OC)c(OC)c5)c4)CC3)=C2)cc(OC)c1OC. The van der Waals surface area contributed by atoms with Crippen LogP contribution in [0.4, 0.5) is 0 Å². The lowest BCUT2D eigenvalue weighted by Crippen LogP contribution is -2.46. The molecule has 2 aliphatic rings. The van der Waals surface area contributed by atoms with Crippen molar-refractivity contribution in [3.05, 3.63) is 71.7 Å². The van der Waals surface area contributed by atoms with Gasteiger partial charge >= 0.3 is 0 Å². The third-order valence-corrected chi connectivity index (χ3v) is 8.04. The van der Waals surface area contributed by atoms with Gasteiger partial charge in [-0.05, 0) is 58.2 Å². The Labute approximate surface area is 259 Å². The number of methoxy groups -OCH3 is 6. The zero-order valence-corrected chi connectivity index (χ0v) is 26.4. The lowest BCUT2D eigenvalue weighted by atomic mass is 10.00. The Hall–Kier alpha value is -4.41. The number of nitrogens with zero attached hydrogens (tertiary/aromatic N) is 3. The van der Waals surface area contributed by atoms with E-state index in [4.69, 9.17) is 28.4 Å². The van der Waals surface area contributed by atoms with Gasteiger partial charge in [-0.1, -0.05) is 6.08 Å². The van der Waals surface area contributed by atoms with Crippen LogP contribution in [-0.4, -0.2) is 96.7 Å². The summed E-state index contributed by atoms with van der Waals surface area (Å²) in [5, 5.41) is 3.45. The molecule has 10 heteroatoms. The van der Waals surface area contributed by atoms with Crippen LogP contribution in [0.3, 0.4) is 0 Å². The summed E-state index contributed by atoms with van der Waals surface area (Å²) >= 11 is 0. The van der Waals surface area contributed by atoms with E-state index < -0.39 is 0 Å². The molecule has 0 aliphatic carbocycles. The Bertz CT molecular complexity index is 1460. The van der Waals surface area contributed by atoms with Gasteiger partial charge in [0.25, 0.3) is 0 Å². The molecule has 0 amide bonds. The molecule has 5 rings (SSSR count). The van der Waals surface area contributed by atoms with E-state index >= 15 is 0 Å². The van der Waals surface area contributed by atoms with E-state index in [0.717, 1.165) is 68.1 Å². The summed E-state index contributed by atoms with van der Waals surface area (Å²) in [4.78, 5) is 9.55. The van der Waals surface area contributed by atoms with Crippen molar-refractivity contribution in [3.8, 4) is 45.6 Å². The van der Waals surface area contributed by atoms with Crippen molar-refractivity contribution in [2.24, 2.45) is 0 Å². The normalized spacial score (nSPS) is 15.5. The first-order valence-electron chi connectivity index (χ1n) is 14.6. The van der Waals surface area contributed by atoms with Gasteiger partial charge in [0.2, 0.25) is 11.5 Å². The van der Waals surface area contributed by atoms with Gasteiger partial charge in [0.1, 0.15) is 0 Å². The number of benzene rings is 2. The minimum absolute atomic E-state index is 0.578. The smallest absolute Gasteiger partial charge is 0.203 e. The highest BCUT2D eigenvalue weighted by Crippen LogP contribution is 2.42. The predicted molar refractivity (Wildman–Crippen MR) is 171 cm³/mol. The number of piperazine rings is 1. The maximum atomic E-state index is 5.56. The second kappa shape index (κ2) is 14.4. The third-order valence-electron chi connectivity index (χ3n) is 8.04. The van der Waals surface area contributed by atoms with Crippen LogP contribution < -0.4 is 33.7 Å². The highest BCUT2D eigenvalue weighted by molar-refractivity contribution is 5.78. The quantitative estimate of drug-likeness (QED) is 0.320. The van der Waals surface area contributed by atoms with E-state index in [1.54, 1.807) is 42.7 Å². The predicted octanol–water partition coefficient (Wildman–Crippen LogP) is 4.49. The van der Waals surface area contributed by atoms with Gasteiger partial charge in [-0.25, -0.2) is 0 Å². The average molecular weight is 603 g/mol. The number of dihydropyridines is 1. The first-order valence-corrected chi connectivity index (χ1v) is 14.6. The molecule has 44 heavy (non-hydrogen) atoms. The van der Waals surface area contributed by atoms with Gasteiger partial charge in [-0.2, -0.15) is 0 Å². The fourth-order valence-corrected chi connectivity index (χ4v) is 5.75. The molecule has 1 fully saturated rings. The molecule has 0 saturated carbocycles. The molecule has 0 radical (unpaired) electrons. The minimum atomic E-state index is 0.578. The van der Waals surface area contributed by atoms with Crippen molar-refractivity contribution in [1.29, 1.82) is 0 Å². The van der Waals surface area contributed by atoms with Gasteiger partial charge in [0, 0.05) is 70.0 Å². The van der Waals surface area contributed by atoms with Crippen LogP contribution in [-0.2, 0) is 6.54 Å². The number of pyridine rings is 1. The van der Waals surface area contributed by atoms with Crippen molar-refractivity contribution in [2.45, 2.75) is 6.54 Å². The number of aromatic nitrogens is 1. The second-order valence-electron chi connectivity index (χ2n) is 10.7. The fraction of sp³-hybridized carbons (Fsp3) is 0.382. The lowest BCUT2D eigenvalue weighted by molar-refractivity contribution is 0.134. The number of allylic oxidation sites excluding steroid dienone is 2. The van der Waals surface area contributed by atoms with Gasteiger partial charge in [-0.15, -0.1) is 0 Å². The number of hydrogen-bond donors (Lipinski definition) is 1. The average Bonchev–Trinajstić information content (AvgIpc) is 3.07. The molecule has 2 aliphatic heterocycles. The topological polar surface area (TPSA) is 86.8 Å². The summed E-state index contributed by atoms with van der Waals surface area (Å²) in [6.45, 7) is 6.57. The van der Waals surface area contributed by atoms with Crippen LogP contribution in [0.2, 0.25) is 0 Å². The molecule has 234 valence electrons. The zero-order valence-electron chi connectivity index (χ0n) is 26.4. The van der Waals surface area contributed by atoms with Crippen LogP contribution in [0.5, 0.6) is 34.5 Å². The first kappa shape index (κ1) is 31.0. The molecule has 0 atom stereocenters. The second-order valence-corrected chi connectivity index (χ2v) is 10.7. The summed E-state index contributed by atoms with van der Waals surface area (Å²) in [5.41, 5.74) is 6.58. The molecule has 2 aromatic carbocycles. The van der Waals surface area contributed by atoms with Crippen molar-refractivity contribution in [2.75, 3.05) is 81.9 Å². The Morgan fingerprint density at radius 3 is 1.66 bits per heavy atom.